The van der Waals surface area contributed by atoms with Gasteiger partial charge in [-0.05, 0) is 28.8 Å². The van der Waals surface area contributed by atoms with Crippen LogP contribution in [0.3, 0.4) is 0 Å². The number of hydrogen-bond acceptors (Lipinski definition) is 5. The van der Waals surface area contributed by atoms with Crippen LogP contribution in [0.1, 0.15) is 12.8 Å². The van der Waals surface area contributed by atoms with Crippen molar-refractivity contribution in [2.45, 2.75) is 12.8 Å². The van der Waals surface area contributed by atoms with Crippen molar-refractivity contribution in [1.29, 1.82) is 0 Å². The van der Waals surface area contributed by atoms with Gasteiger partial charge in [-0.25, -0.2) is 9.97 Å². The molecule has 0 radical (unpaired) electrons. The van der Waals surface area contributed by atoms with E-state index in [2.05, 4.69) is 30.8 Å². The molecule has 1 unspecified atom stereocenters. The second-order valence-corrected chi connectivity index (χ2v) is 7.56. The predicted octanol–water partition coefficient (Wildman–Crippen LogP) is 2.03. The highest BCUT2D eigenvalue weighted by molar-refractivity contribution is 9.10. The maximum Gasteiger partial charge on any atom is 0.227 e. The van der Waals surface area contributed by atoms with E-state index in [1.807, 2.05) is 16.7 Å². The van der Waals surface area contributed by atoms with Gasteiger partial charge < -0.3 is 9.80 Å². The fourth-order valence-electron chi connectivity index (χ4n) is 2.87. The van der Waals surface area contributed by atoms with Gasteiger partial charge in [-0.1, -0.05) is 0 Å². The molecular formula is C14H19BrN4OS. The van der Waals surface area contributed by atoms with Crippen LogP contribution < -0.4 is 4.90 Å². The summed E-state index contributed by atoms with van der Waals surface area (Å²) in [7, 11) is 0. The van der Waals surface area contributed by atoms with Gasteiger partial charge in [-0.15, -0.1) is 0 Å². The van der Waals surface area contributed by atoms with Gasteiger partial charge in [-0.3, -0.25) is 4.79 Å². The number of nitrogens with zero attached hydrogens (tertiary/aromatic N) is 4. The first-order chi connectivity index (χ1) is 10.2. The van der Waals surface area contributed by atoms with E-state index in [4.69, 9.17) is 0 Å². The van der Waals surface area contributed by atoms with Crippen molar-refractivity contribution in [1.82, 2.24) is 14.9 Å². The molecule has 1 amide bonds. The van der Waals surface area contributed by atoms with Crippen LogP contribution >= 0.6 is 27.7 Å². The third-order valence-electron chi connectivity index (χ3n) is 3.98. The standard InChI is InChI=1S/C14H19BrN4OS/c15-12-8-16-14(17-9-12)19-3-1-2-11(10-19)13(20)18-4-6-21-7-5-18/h8-9,11H,1-7,10H2. The number of hydrogen-bond donors (Lipinski definition) is 0. The maximum atomic E-state index is 12.6. The van der Waals surface area contributed by atoms with Crippen molar-refractivity contribution in [3.8, 4) is 0 Å². The van der Waals surface area contributed by atoms with Crippen molar-refractivity contribution < 1.29 is 4.79 Å². The molecule has 114 valence electrons. The van der Waals surface area contributed by atoms with Crippen LogP contribution in [0.25, 0.3) is 0 Å². The monoisotopic (exact) mass is 370 g/mol. The van der Waals surface area contributed by atoms with Gasteiger partial charge in [0.15, 0.2) is 0 Å². The van der Waals surface area contributed by atoms with Gasteiger partial charge in [-0.2, -0.15) is 11.8 Å². The van der Waals surface area contributed by atoms with Crippen molar-refractivity contribution in [2.75, 3.05) is 42.6 Å². The highest BCUT2D eigenvalue weighted by atomic mass is 79.9. The van der Waals surface area contributed by atoms with Gasteiger partial charge in [0.2, 0.25) is 11.9 Å². The Bertz CT molecular complexity index is 492. The van der Waals surface area contributed by atoms with E-state index in [0.717, 1.165) is 60.9 Å². The summed E-state index contributed by atoms with van der Waals surface area (Å²) in [6, 6.07) is 0. The third-order valence-corrected chi connectivity index (χ3v) is 5.33. The molecular weight excluding hydrogens is 352 g/mol. The van der Waals surface area contributed by atoms with Crippen LogP contribution in [-0.4, -0.2) is 58.5 Å². The molecule has 3 heterocycles. The van der Waals surface area contributed by atoms with Crippen molar-refractivity contribution in [3.63, 3.8) is 0 Å². The second-order valence-electron chi connectivity index (χ2n) is 5.42. The number of halogens is 1. The third kappa shape index (κ3) is 3.69. The van der Waals surface area contributed by atoms with E-state index in [1.54, 1.807) is 12.4 Å². The number of carbonyl (C=O) groups excluding carboxylic acids is 1. The van der Waals surface area contributed by atoms with Crippen LogP contribution in [0.5, 0.6) is 0 Å². The van der Waals surface area contributed by atoms with Crippen LogP contribution in [0.15, 0.2) is 16.9 Å². The highest BCUT2D eigenvalue weighted by Crippen LogP contribution is 2.23. The summed E-state index contributed by atoms with van der Waals surface area (Å²) in [6.07, 6.45) is 5.53. The number of rotatable bonds is 2. The first kappa shape index (κ1) is 15.1. The van der Waals surface area contributed by atoms with E-state index in [-0.39, 0.29) is 5.92 Å². The lowest BCUT2D eigenvalue weighted by atomic mass is 9.96. The van der Waals surface area contributed by atoms with Crippen molar-refractivity contribution in [2.24, 2.45) is 5.92 Å². The Morgan fingerprint density at radius 2 is 1.95 bits per heavy atom. The quantitative estimate of drug-likeness (QED) is 0.796. The Kier molecular flexibility index (Phi) is 5.00. The zero-order valence-electron chi connectivity index (χ0n) is 11.9. The number of carbonyl (C=O) groups is 1. The molecule has 5 nitrogen and oxygen atoms in total. The number of thioether (sulfide) groups is 1. The van der Waals surface area contributed by atoms with E-state index in [1.165, 1.54) is 0 Å². The lowest BCUT2D eigenvalue weighted by Crippen LogP contribution is -2.47. The molecule has 0 saturated carbocycles. The lowest BCUT2D eigenvalue weighted by molar-refractivity contribution is -0.135. The molecule has 2 fully saturated rings. The zero-order chi connectivity index (χ0) is 14.7. The van der Waals surface area contributed by atoms with Crippen LogP contribution in [0.2, 0.25) is 0 Å². The summed E-state index contributed by atoms with van der Waals surface area (Å²) < 4.78 is 0.877. The summed E-state index contributed by atoms with van der Waals surface area (Å²) in [5.41, 5.74) is 0. The smallest absolute Gasteiger partial charge is 0.227 e. The van der Waals surface area contributed by atoms with E-state index in [9.17, 15) is 4.79 Å². The number of piperidine rings is 1. The van der Waals surface area contributed by atoms with E-state index < -0.39 is 0 Å². The summed E-state index contributed by atoms with van der Waals surface area (Å²) in [5, 5.41) is 0. The molecule has 21 heavy (non-hydrogen) atoms. The van der Waals surface area contributed by atoms with Crippen LogP contribution in [0.4, 0.5) is 5.95 Å². The van der Waals surface area contributed by atoms with E-state index >= 15 is 0 Å². The molecule has 2 aliphatic rings. The van der Waals surface area contributed by atoms with Gasteiger partial charge in [0.05, 0.1) is 10.4 Å². The fraction of sp³-hybridized carbons (Fsp3) is 0.643. The van der Waals surface area contributed by atoms with Gasteiger partial charge in [0, 0.05) is 50.1 Å². The second kappa shape index (κ2) is 6.96. The summed E-state index contributed by atoms with van der Waals surface area (Å²) >= 11 is 5.28. The molecule has 0 aromatic carbocycles. The number of anilines is 1. The summed E-state index contributed by atoms with van der Waals surface area (Å²) in [5.74, 6) is 3.27. The SMILES string of the molecule is O=C(C1CCCN(c2ncc(Br)cn2)C1)N1CCSCC1. The molecule has 0 aliphatic carbocycles. The average molecular weight is 371 g/mol. The van der Waals surface area contributed by atoms with Crippen LogP contribution in [-0.2, 0) is 4.79 Å². The Labute approximate surface area is 137 Å². The molecule has 0 spiro atoms. The van der Waals surface area contributed by atoms with Gasteiger partial charge >= 0.3 is 0 Å². The number of amides is 1. The zero-order valence-corrected chi connectivity index (χ0v) is 14.3. The normalized spacial score (nSPS) is 23.2. The Hall–Kier alpha value is -0.820. The largest absolute Gasteiger partial charge is 0.341 e. The van der Waals surface area contributed by atoms with E-state index in [0.29, 0.717) is 5.91 Å². The summed E-state index contributed by atoms with van der Waals surface area (Å²) in [4.78, 5) is 25.5. The fourth-order valence-corrected chi connectivity index (χ4v) is 3.98. The average Bonchev–Trinajstić information content (AvgIpc) is 2.56. The highest BCUT2D eigenvalue weighted by Gasteiger charge is 2.30. The molecule has 3 rings (SSSR count). The summed E-state index contributed by atoms with van der Waals surface area (Å²) in [6.45, 7) is 3.47. The lowest BCUT2D eigenvalue weighted by Gasteiger charge is -2.36. The van der Waals surface area contributed by atoms with Crippen molar-refractivity contribution in [3.05, 3.63) is 16.9 Å². The molecule has 0 bridgehead atoms. The Balaban J connectivity index is 1.64. The maximum absolute atomic E-state index is 12.6. The molecule has 0 N–H and O–H groups in total. The first-order valence-electron chi connectivity index (χ1n) is 7.33. The first-order valence-corrected chi connectivity index (χ1v) is 9.28. The Morgan fingerprint density at radius 3 is 2.67 bits per heavy atom. The predicted molar refractivity (Wildman–Crippen MR) is 88.6 cm³/mol. The van der Waals surface area contributed by atoms with Crippen molar-refractivity contribution >= 4 is 39.5 Å². The minimum atomic E-state index is 0.0918. The Morgan fingerprint density at radius 1 is 1.24 bits per heavy atom. The topological polar surface area (TPSA) is 49.3 Å². The molecule has 7 heteroatoms. The molecule has 1 atom stereocenters. The van der Waals surface area contributed by atoms with Crippen LogP contribution in [0, 0.1) is 5.92 Å². The minimum absolute atomic E-state index is 0.0918. The molecule has 2 saturated heterocycles. The number of aromatic nitrogens is 2. The molecule has 1 aromatic heterocycles. The molecule has 1 aromatic rings. The van der Waals surface area contributed by atoms with Gasteiger partial charge in [0.25, 0.3) is 0 Å². The molecule has 2 aliphatic heterocycles. The minimum Gasteiger partial charge on any atom is -0.341 e. The van der Waals surface area contributed by atoms with Gasteiger partial charge in [0.1, 0.15) is 0 Å².